The molecule has 3 rings (SSSR count). The van der Waals surface area contributed by atoms with Crippen LogP contribution in [0.5, 0.6) is 0 Å². The third-order valence-electron chi connectivity index (χ3n) is 5.91. The zero-order chi connectivity index (χ0) is 25.3. The van der Waals surface area contributed by atoms with Crippen molar-refractivity contribution in [1.82, 2.24) is 4.90 Å². The van der Waals surface area contributed by atoms with Gasteiger partial charge in [-0.05, 0) is 36.5 Å². The number of nitrogens with zero attached hydrogens (tertiary/aromatic N) is 2. The standard InChI is InChI=1S/C23H31F3N4O4/c1-22(2,3)13-30(14-5-4-6-14)19(20(27)32)21(33)28-17-8-7-15(11-16(17)23(24,25)26)29-9-10-34-12-18(29)31/h7-8,11,14,19H,4-6,9-10,12-13H2,1-3H3,(H2,27,32)(H,28,33)/t19-/m0/s1. The first-order valence-corrected chi connectivity index (χ1v) is 11.2. The number of rotatable bonds is 7. The van der Waals surface area contributed by atoms with E-state index >= 15 is 0 Å². The van der Waals surface area contributed by atoms with E-state index in [0.29, 0.717) is 6.54 Å². The number of primary amides is 1. The lowest BCUT2D eigenvalue weighted by Crippen LogP contribution is -2.59. The van der Waals surface area contributed by atoms with Gasteiger partial charge in [-0.15, -0.1) is 0 Å². The molecule has 11 heteroatoms. The Morgan fingerprint density at radius 1 is 1.26 bits per heavy atom. The van der Waals surface area contributed by atoms with Crippen LogP contribution >= 0.6 is 0 Å². The number of nitrogens with one attached hydrogen (secondary N) is 1. The van der Waals surface area contributed by atoms with Crippen molar-refractivity contribution in [2.75, 3.05) is 36.5 Å². The van der Waals surface area contributed by atoms with Crippen LogP contribution in [0.25, 0.3) is 0 Å². The Kier molecular flexibility index (Phi) is 7.56. The summed E-state index contributed by atoms with van der Waals surface area (Å²) in [5.74, 6) is -2.29. The lowest BCUT2D eigenvalue weighted by Gasteiger charge is -2.43. The largest absolute Gasteiger partial charge is 0.418 e. The van der Waals surface area contributed by atoms with Crippen LogP contribution in [0.3, 0.4) is 0 Å². The van der Waals surface area contributed by atoms with E-state index in [0.717, 1.165) is 31.4 Å². The molecule has 1 aliphatic carbocycles. The minimum absolute atomic E-state index is 0.0423. The molecule has 8 nitrogen and oxygen atoms in total. The smallest absolute Gasteiger partial charge is 0.370 e. The molecule has 3 N–H and O–H groups in total. The van der Waals surface area contributed by atoms with Crippen LogP contribution in [0.15, 0.2) is 18.2 Å². The molecule has 1 saturated carbocycles. The summed E-state index contributed by atoms with van der Waals surface area (Å²) >= 11 is 0. The van der Waals surface area contributed by atoms with E-state index in [1.165, 1.54) is 11.0 Å². The third-order valence-corrected chi connectivity index (χ3v) is 5.91. The molecule has 1 aromatic carbocycles. The Bertz CT molecular complexity index is 941. The molecule has 3 amide bonds. The summed E-state index contributed by atoms with van der Waals surface area (Å²) in [4.78, 5) is 40.4. The van der Waals surface area contributed by atoms with Crippen LogP contribution < -0.4 is 16.0 Å². The molecule has 34 heavy (non-hydrogen) atoms. The molecule has 0 spiro atoms. The van der Waals surface area contributed by atoms with E-state index in [2.05, 4.69) is 5.32 Å². The number of anilines is 2. The number of hydrogen-bond acceptors (Lipinski definition) is 5. The molecule has 0 unspecified atom stereocenters. The number of amides is 3. The Balaban J connectivity index is 1.91. The molecule has 2 fully saturated rings. The van der Waals surface area contributed by atoms with Gasteiger partial charge in [0.1, 0.15) is 6.61 Å². The SMILES string of the molecule is CC(C)(C)CN(C1CCC1)[C@@H](C(N)=O)C(=O)Nc1ccc(N2CCOCC2=O)cc1C(F)(F)F. The van der Waals surface area contributed by atoms with E-state index in [9.17, 15) is 27.6 Å². The molecule has 1 atom stereocenters. The van der Waals surface area contributed by atoms with Crippen LogP contribution in [0.1, 0.15) is 45.6 Å². The van der Waals surface area contributed by atoms with E-state index < -0.39 is 41.2 Å². The van der Waals surface area contributed by atoms with E-state index in [-0.39, 0.29) is 36.9 Å². The monoisotopic (exact) mass is 484 g/mol. The zero-order valence-corrected chi connectivity index (χ0v) is 19.6. The molecule has 1 aliphatic heterocycles. The number of ether oxygens (including phenoxy) is 1. The molecule has 1 heterocycles. The Hall–Kier alpha value is -2.66. The summed E-state index contributed by atoms with van der Waals surface area (Å²) in [7, 11) is 0. The van der Waals surface area contributed by atoms with Crippen molar-refractivity contribution in [1.29, 1.82) is 0 Å². The highest BCUT2D eigenvalue weighted by atomic mass is 19.4. The molecule has 188 valence electrons. The molecular weight excluding hydrogens is 453 g/mol. The van der Waals surface area contributed by atoms with Gasteiger partial charge in [0, 0.05) is 24.8 Å². The second-order valence-electron chi connectivity index (χ2n) is 9.94. The fourth-order valence-electron chi connectivity index (χ4n) is 4.18. The van der Waals surface area contributed by atoms with E-state index in [1.54, 1.807) is 4.90 Å². The molecule has 1 saturated heterocycles. The number of benzene rings is 1. The molecular formula is C23H31F3N4O4. The number of halogens is 3. The molecule has 0 radical (unpaired) electrons. The fourth-order valence-corrected chi connectivity index (χ4v) is 4.18. The van der Waals surface area contributed by atoms with Gasteiger partial charge < -0.3 is 20.7 Å². The van der Waals surface area contributed by atoms with E-state index in [1.807, 2.05) is 20.8 Å². The van der Waals surface area contributed by atoms with Crippen molar-refractivity contribution >= 4 is 29.1 Å². The topological polar surface area (TPSA) is 105 Å². The quantitative estimate of drug-likeness (QED) is 0.579. The maximum atomic E-state index is 13.9. The first-order valence-electron chi connectivity index (χ1n) is 11.2. The maximum absolute atomic E-state index is 13.9. The predicted octanol–water partition coefficient (Wildman–Crippen LogP) is 2.76. The zero-order valence-electron chi connectivity index (χ0n) is 19.6. The summed E-state index contributed by atoms with van der Waals surface area (Å²) < 4.78 is 46.7. The summed E-state index contributed by atoms with van der Waals surface area (Å²) in [6.07, 6.45) is -2.31. The number of alkyl halides is 3. The van der Waals surface area contributed by atoms with Gasteiger partial charge >= 0.3 is 6.18 Å². The number of nitrogens with two attached hydrogens (primary N) is 1. The van der Waals surface area contributed by atoms with Crippen molar-refractivity contribution in [2.45, 2.75) is 58.3 Å². The van der Waals surface area contributed by atoms with Crippen molar-refractivity contribution in [3.05, 3.63) is 23.8 Å². The van der Waals surface area contributed by atoms with Crippen LogP contribution in [0.2, 0.25) is 0 Å². The van der Waals surface area contributed by atoms with Gasteiger partial charge in [-0.2, -0.15) is 13.2 Å². The van der Waals surface area contributed by atoms with Gasteiger partial charge in [0.15, 0.2) is 6.04 Å². The maximum Gasteiger partial charge on any atom is 0.418 e. The van der Waals surface area contributed by atoms with Crippen LogP contribution in [-0.2, 0) is 25.3 Å². The van der Waals surface area contributed by atoms with Gasteiger partial charge in [0.2, 0.25) is 5.91 Å². The highest BCUT2D eigenvalue weighted by Crippen LogP contribution is 2.38. The summed E-state index contributed by atoms with van der Waals surface area (Å²) in [5.41, 5.74) is 3.73. The second-order valence-corrected chi connectivity index (χ2v) is 9.94. The average molecular weight is 485 g/mol. The van der Waals surface area contributed by atoms with Crippen LogP contribution in [0, 0.1) is 5.41 Å². The number of hydrogen-bond donors (Lipinski definition) is 2. The van der Waals surface area contributed by atoms with E-state index in [4.69, 9.17) is 10.5 Å². The van der Waals surface area contributed by atoms with Crippen molar-refractivity contribution in [3.8, 4) is 0 Å². The average Bonchev–Trinajstić information content (AvgIpc) is 2.65. The van der Waals surface area contributed by atoms with Crippen molar-refractivity contribution in [3.63, 3.8) is 0 Å². The number of carbonyl (C=O) groups excluding carboxylic acids is 3. The summed E-state index contributed by atoms with van der Waals surface area (Å²) in [6.45, 7) is 6.32. The summed E-state index contributed by atoms with van der Waals surface area (Å²) in [5, 5.41) is 2.28. The second kappa shape index (κ2) is 9.91. The molecule has 2 aliphatic rings. The fraction of sp³-hybridized carbons (Fsp3) is 0.609. The van der Waals surface area contributed by atoms with Crippen molar-refractivity contribution in [2.24, 2.45) is 11.1 Å². The molecule has 1 aromatic rings. The Morgan fingerprint density at radius 2 is 1.94 bits per heavy atom. The Morgan fingerprint density at radius 3 is 2.44 bits per heavy atom. The van der Waals surface area contributed by atoms with Crippen LogP contribution in [-0.4, -0.2) is 61.0 Å². The first kappa shape index (κ1) is 26.0. The third kappa shape index (κ3) is 6.06. The minimum Gasteiger partial charge on any atom is -0.370 e. The van der Waals surface area contributed by atoms with Gasteiger partial charge in [0.05, 0.1) is 17.9 Å². The number of carbonyl (C=O) groups is 3. The lowest BCUT2D eigenvalue weighted by molar-refractivity contribution is -0.137. The molecule has 0 bridgehead atoms. The Labute approximate surface area is 196 Å². The first-order chi connectivity index (χ1) is 15.8. The predicted molar refractivity (Wildman–Crippen MR) is 120 cm³/mol. The van der Waals surface area contributed by atoms with Gasteiger partial charge in [-0.25, -0.2) is 0 Å². The molecule has 0 aromatic heterocycles. The highest BCUT2D eigenvalue weighted by Gasteiger charge is 2.41. The van der Waals surface area contributed by atoms with Crippen LogP contribution in [0.4, 0.5) is 24.5 Å². The lowest BCUT2D eigenvalue weighted by atomic mass is 9.86. The number of morpholine rings is 1. The van der Waals surface area contributed by atoms with Gasteiger partial charge in [-0.1, -0.05) is 27.2 Å². The summed E-state index contributed by atoms with van der Waals surface area (Å²) in [6, 6.07) is 1.78. The van der Waals surface area contributed by atoms with Gasteiger partial charge in [0.25, 0.3) is 11.8 Å². The van der Waals surface area contributed by atoms with Gasteiger partial charge in [-0.3, -0.25) is 19.3 Å². The minimum atomic E-state index is -4.81. The normalized spacial score (nSPS) is 18.6. The highest BCUT2D eigenvalue weighted by molar-refractivity contribution is 6.10. The van der Waals surface area contributed by atoms with Crippen molar-refractivity contribution < 1.29 is 32.3 Å².